The molecule has 2 aromatic rings. The second kappa shape index (κ2) is 8.74. The minimum atomic E-state index is -0.276. The summed E-state index contributed by atoms with van der Waals surface area (Å²) >= 11 is 0. The fourth-order valence-corrected chi connectivity index (χ4v) is 3.08. The number of carbonyl (C=O) groups excluding carboxylic acids is 1. The third-order valence-corrected chi connectivity index (χ3v) is 4.37. The highest BCUT2D eigenvalue weighted by atomic mass is 19.1. The lowest BCUT2D eigenvalue weighted by Gasteiger charge is -2.36. The van der Waals surface area contributed by atoms with E-state index < -0.39 is 0 Å². The zero-order chi connectivity index (χ0) is 17.5. The van der Waals surface area contributed by atoms with E-state index in [1.807, 2.05) is 41.3 Å². The van der Waals surface area contributed by atoms with Crippen LogP contribution in [0.4, 0.5) is 4.39 Å². The zero-order valence-electron chi connectivity index (χ0n) is 14.2. The van der Waals surface area contributed by atoms with Gasteiger partial charge >= 0.3 is 0 Å². The van der Waals surface area contributed by atoms with Gasteiger partial charge in [0, 0.05) is 19.6 Å². The summed E-state index contributed by atoms with van der Waals surface area (Å²) in [5.74, 6) is -0.231. The molecule has 132 valence electrons. The number of nitrogens with zero attached hydrogens (tertiary/aromatic N) is 1. The average Bonchev–Trinajstić information content (AvgIpc) is 2.66. The van der Waals surface area contributed by atoms with Crippen molar-refractivity contribution < 1.29 is 13.9 Å². The standard InChI is InChI=1S/C20H23FN2O2/c21-18-8-4-7-17(13-18)19-14-22-10-11-23(19)20(24)9-12-25-15-16-5-2-1-3-6-16/h1-8,13,19,22H,9-12,14-15H2. The Labute approximate surface area is 147 Å². The minimum absolute atomic E-state index is 0.0452. The van der Waals surface area contributed by atoms with Gasteiger partial charge < -0.3 is 15.0 Å². The van der Waals surface area contributed by atoms with Gasteiger partial charge in [0.2, 0.25) is 5.91 Å². The summed E-state index contributed by atoms with van der Waals surface area (Å²) in [4.78, 5) is 14.4. The number of ether oxygens (including phenoxy) is 1. The highest BCUT2D eigenvalue weighted by molar-refractivity contribution is 5.77. The zero-order valence-corrected chi connectivity index (χ0v) is 14.2. The fraction of sp³-hybridized carbons (Fsp3) is 0.350. The predicted octanol–water partition coefficient (Wildman–Crippen LogP) is 2.91. The molecule has 1 atom stereocenters. The van der Waals surface area contributed by atoms with Gasteiger partial charge in [-0.25, -0.2) is 4.39 Å². The lowest BCUT2D eigenvalue weighted by molar-refractivity contribution is -0.135. The molecule has 1 unspecified atom stereocenters. The molecule has 25 heavy (non-hydrogen) atoms. The Morgan fingerprint density at radius 3 is 2.84 bits per heavy atom. The molecule has 1 amide bonds. The molecule has 1 aliphatic heterocycles. The molecule has 3 rings (SSSR count). The fourth-order valence-electron chi connectivity index (χ4n) is 3.08. The first kappa shape index (κ1) is 17.6. The van der Waals surface area contributed by atoms with E-state index in [4.69, 9.17) is 4.74 Å². The molecule has 4 nitrogen and oxygen atoms in total. The Morgan fingerprint density at radius 2 is 2.04 bits per heavy atom. The second-order valence-electron chi connectivity index (χ2n) is 6.15. The first-order valence-corrected chi connectivity index (χ1v) is 8.61. The minimum Gasteiger partial charge on any atom is -0.376 e. The molecule has 1 N–H and O–H groups in total. The Morgan fingerprint density at radius 1 is 1.20 bits per heavy atom. The van der Waals surface area contributed by atoms with Crippen molar-refractivity contribution in [3.8, 4) is 0 Å². The summed E-state index contributed by atoms with van der Waals surface area (Å²) < 4.78 is 19.1. The van der Waals surface area contributed by atoms with Gasteiger partial charge in [0.05, 0.1) is 25.7 Å². The number of piperazine rings is 1. The van der Waals surface area contributed by atoms with Crippen LogP contribution in [0.1, 0.15) is 23.6 Å². The van der Waals surface area contributed by atoms with Crippen molar-refractivity contribution >= 4 is 5.91 Å². The van der Waals surface area contributed by atoms with E-state index in [9.17, 15) is 9.18 Å². The van der Waals surface area contributed by atoms with Crippen LogP contribution >= 0.6 is 0 Å². The van der Waals surface area contributed by atoms with E-state index in [0.717, 1.165) is 17.7 Å². The summed E-state index contributed by atoms with van der Waals surface area (Å²) in [5, 5.41) is 3.28. The second-order valence-corrected chi connectivity index (χ2v) is 6.15. The molecule has 0 spiro atoms. The maximum absolute atomic E-state index is 13.5. The number of carbonyl (C=O) groups is 1. The van der Waals surface area contributed by atoms with Gasteiger partial charge in [-0.05, 0) is 23.3 Å². The summed E-state index contributed by atoms with van der Waals surface area (Å²) in [7, 11) is 0. The van der Waals surface area contributed by atoms with Crippen molar-refractivity contribution in [2.24, 2.45) is 0 Å². The van der Waals surface area contributed by atoms with Crippen LogP contribution in [0, 0.1) is 5.82 Å². The smallest absolute Gasteiger partial charge is 0.225 e. The third-order valence-electron chi connectivity index (χ3n) is 4.37. The SMILES string of the molecule is O=C(CCOCc1ccccc1)N1CCNCC1c1cccc(F)c1. The van der Waals surface area contributed by atoms with Crippen LogP contribution in [0.5, 0.6) is 0 Å². The molecular formula is C20H23FN2O2. The van der Waals surface area contributed by atoms with Crippen molar-refractivity contribution in [2.45, 2.75) is 19.1 Å². The molecule has 0 radical (unpaired) electrons. The topological polar surface area (TPSA) is 41.6 Å². The van der Waals surface area contributed by atoms with Crippen molar-refractivity contribution in [2.75, 3.05) is 26.2 Å². The van der Waals surface area contributed by atoms with Crippen molar-refractivity contribution in [1.29, 1.82) is 0 Å². The van der Waals surface area contributed by atoms with E-state index in [0.29, 0.717) is 32.7 Å². The van der Waals surface area contributed by atoms with E-state index in [2.05, 4.69) is 5.32 Å². The van der Waals surface area contributed by atoms with E-state index in [1.165, 1.54) is 12.1 Å². The number of nitrogens with one attached hydrogen (secondary N) is 1. The number of halogens is 1. The van der Waals surface area contributed by atoms with Gasteiger partial charge in [-0.1, -0.05) is 42.5 Å². The number of amides is 1. The molecular weight excluding hydrogens is 319 g/mol. The lowest BCUT2D eigenvalue weighted by Crippen LogP contribution is -2.48. The van der Waals surface area contributed by atoms with Crippen LogP contribution in [-0.4, -0.2) is 37.0 Å². The van der Waals surface area contributed by atoms with Crippen molar-refractivity contribution in [3.63, 3.8) is 0 Å². The molecule has 0 bridgehead atoms. The van der Waals surface area contributed by atoms with E-state index >= 15 is 0 Å². The van der Waals surface area contributed by atoms with Gasteiger partial charge in [0.25, 0.3) is 0 Å². The molecule has 1 saturated heterocycles. The van der Waals surface area contributed by atoms with Crippen LogP contribution in [0.3, 0.4) is 0 Å². The molecule has 0 aliphatic carbocycles. The van der Waals surface area contributed by atoms with Gasteiger partial charge in [0.15, 0.2) is 0 Å². The monoisotopic (exact) mass is 342 g/mol. The van der Waals surface area contributed by atoms with Crippen molar-refractivity contribution in [1.82, 2.24) is 10.2 Å². The maximum Gasteiger partial charge on any atom is 0.225 e. The van der Waals surface area contributed by atoms with Crippen molar-refractivity contribution in [3.05, 3.63) is 71.5 Å². The normalized spacial score (nSPS) is 17.5. The predicted molar refractivity (Wildman–Crippen MR) is 94.4 cm³/mol. The quantitative estimate of drug-likeness (QED) is 0.821. The summed E-state index contributed by atoms with van der Waals surface area (Å²) in [5.41, 5.74) is 1.92. The highest BCUT2D eigenvalue weighted by Gasteiger charge is 2.27. The van der Waals surface area contributed by atoms with Gasteiger partial charge in [-0.2, -0.15) is 0 Å². The Kier molecular flexibility index (Phi) is 6.14. The maximum atomic E-state index is 13.5. The molecule has 0 saturated carbocycles. The largest absolute Gasteiger partial charge is 0.376 e. The molecule has 2 aromatic carbocycles. The highest BCUT2D eigenvalue weighted by Crippen LogP contribution is 2.23. The van der Waals surface area contributed by atoms with E-state index in [-0.39, 0.29) is 17.8 Å². The number of hydrogen-bond donors (Lipinski definition) is 1. The first-order valence-electron chi connectivity index (χ1n) is 8.61. The lowest BCUT2D eigenvalue weighted by atomic mass is 10.0. The van der Waals surface area contributed by atoms with Gasteiger partial charge in [-0.15, -0.1) is 0 Å². The van der Waals surface area contributed by atoms with Crippen LogP contribution in [0.2, 0.25) is 0 Å². The number of rotatable bonds is 6. The molecule has 0 aromatic heterocycles. The molecule has 1 heterocycles. The Hall–Kier alpha value is -2.24. The summed E-state index contributed by atoms with van der Waals surface area (Å²) in [6.07, 6.45) is 0.332. The Bertz CT molecular complexity index is 693. The number of benzene rings is 2. The third kappa shape index (κ3) is 4.87. The number of hydrogen-bond acceptors (Lipinski definition) is 3. The summed E-state index contributed by atoms with van der Waals surface area (Å²) in [6, 6.07) is 16.2. The van der Waals surface area contributed by atoms with Gasteiger partial charge in [-0.3, -0.25) is 4.79 Å². The molecule has 5 heteroatoms. The average molecular weight is 342 g/mol. The van der Waals surface area contributed by atoms with Gasteiger partial charge in [0.1, 0.15) is 5.82 Å². The molecule has 1 fully saturated rings. The van der Waals surface area contributed by atoms with Crippen LogP contribution in [0.25, 0.3) is 0 Å². The van der Waals surface area contributed by atoms with E-state index in [1.54, 1.807) is 6.07 Å². The van der Waals surface area contributed by atoms with Crippen LogP contribution in [0.15, 0.2) is 54.6 Å². The van der Waals surface area contributed by atoms with Crippen LogP contribution in [-0.2, 0) is 16.1 Å². The molecule has 1 aliphatic rings. The van der Waals surface area contributed by atoms with Crippen LogP contribution < -0.4 is 5.32 Å². The first-order chi connectivity index (χ1) is 12.2. The summed E-state index contributed by atoms with van der Waals surface area (Å²) in [6.45, 7) is 2.90. The Balaban J connectivity index is 1.54.